The molecule has 4 aromatic rings. The van der Waals surface area contributed by atoms with E-state index in [9.17, 15) is 9.18 Å². The van der Waals surface area contributed by atoms with E-state index in [4.69, 9.17) is 4.74 Å². The number of rotatable bonds is 5. The van der Waals surface area contributed by atoms with Crippen LogP contribution in [0.4, 0.5) is 9.52 Å². The zero-order valence-electron chi connectivity index (χ0n) is 16.1. The Morgan fingerprint density at radius 2 is 1.87 bits per heavy atom. The van der Waals surface area contributed by atoms with Gasteiger partial charge in [0, 0.05) is 26.2 Å². The van der Waals surface area contributed by atoms with Gasteiger partial charge in [0.05, 0.1) is 33.6 Å². The second kappa shape index (κ2) is 8.35. The number of morpholine rings is 1. The lowest BCUT2D eigenvalue weighted by atomic mass is 10.3. The van der Waals surface area contributed by atoms with Crippen molar-refractivity contribution in [3.8, 4) is 0 Å². The number of para-hydroxylation sites is 1. The first-order valence-electron chi connectivity index (χ1n) is 9.71. The largest absolute Gasteiger partial charge is 0.379 e. The van der Waals surface area contributed by atoms with Gasteiger partial charge in [-0.3, -0.25) is 14.6 Å². The third-order valence-corrected chi connectivity index (χ3v) is 7.10. The Bertz CT molecular complexity index is 1170. The first kappa shape index (κ1) is 19.5. The smallest absolute Gasteiger partial charge is 0.289 e. The van der Waals surface area contributed by atoms with E-state index >= 15 is 0 Å². The number of ether oxygens (including phenoxy) is 1. The zero-order chi connectivity index (χ0) is 20.5. The summed E-state index contributed by atoms with van der Waals surface area (Å²) in [6.07, 6.45) is 0. The number of carbonyl (C=O) groups is 1. The van der Waals surface area contributed by atoms with Crippen molar-refractivity contribution in [2.24, 2.45) is 0 Å². The Morgan fingerprint density at radius 1 is 1.07 bits per heavy atom. The molecule has 0 saturated carbocycles. The molecule has 1 amide bonds. The molecule has 1 aliphatic heterocycles. The van der Waals surface area contributed by atoms with Crippen molar-refractivity contribution < 1.29 is 13.9 Å². The lowest BCUT2D eigenvalue weighted by Crippen LogP contribution is -2.43. The molecular formula is C21H19FN4O2S2. The summed E-state index contributed by atoms with van der Waals surface area (Å²) in [4.78, 5) is 26.5. The first-order chi connectivity index (χ1) is 14.7. The van der Waals surface area contributed by atoms with E-state index in [-0.39, 0.29) is 11.7 Å². The summed E-state index contributed by atoms with van der Waals surface area (Å²) in [6.45, 7) is 4.28. The molecule has 2 aromatic heterocycles. The number of benzene rings is 2. The second-order valence-electron chi connectivity index (χ2n) is 7.01. The lowest BCUT2D eigenvalue weighted by molar-refractivity contribution is 0.0391. The van der Waals surface area contributed by atoms with E-state index in [0.717, 1.165) is 28.0 Å². The fourth-order valence-corrected chi connectivity index (χ4v) is 5.36. The average Bonchev–Trinajstić information content (AvgIpc) is 3.38. The van der Waals surface area contributed by atoms with Gasteiger partial charge in [-0.25, -0.2) is 14.4 Å². The zero-order valence-corrected chi connectivity index (χ0v) is 17.7. The quantitative estimate of drug-likeness (QED) is 0.467. The number of amides is 1. The molecule has 1 aliphatic rings. The summed E-state index contributed by atoms with van der Waals surface area (Å²) < 4.78 is 20.8. The van der Waals surface area contributed by atoms with E-state index in [2.05, 4.69) is 14.9 Å². The molecule has 30 heavy (non-hydrogen) atoms. The third kappa shape index (κ3) is 3.93. The van der Waals surface area contributed by atoms with Gasteiger partial charge in [-0.15, -0.1) is 11.3 Å². The summed E-state index contributed by atoms with van der Waals surface area (Å²) in [5.74, 6) is -0.487. The van der Waals surface area contributed by atoms with Gasteiger partial charge in [-0.1, -0.05) is 23.5 Å². The molecule has 0 N–H and O–H groups in total. The Labute approximate surface area is 180 Å². The van der Waals surface area contributed by atoms with Crippen molar-refractivity contribution in [3.05, 3.63) is 53.3 Å². The van der Waals surface area contributed by atoms with Crippen LogP contribution in [0.1, 0.15) is 9.80 Å². The van der Waals surface area contributed by atoms with Crippen LogP contribution < -0.4 is 4.90 Å². The molecule has 0 atom stereocenters. The highest BCUT2D eigenvalue weighted by atomic mass is 32.1. The van der Waals surface area contributed by atoms with E-state index in [1.807, 2.05) is 24.3 Å². The highest BCUT2D eigenvalue weighted by Gasteiger charge is 2.25. The van der Waals surface area contributed by atoms with Crippen LogP contribution >= 0.6 is 22.7 Å². The topological polar surface area (TPSA) is 58.6 Å². The maximum atomic E-state index is 13.7. The maximum Gasteiger partial charge on any atom is 0.289 e. The van der Waals surface area contributed by atoms with Gasteiger partial charge in [0.2, 0.25) is 0 Å². The predicted octanol–water partition coefficient (Wildman–Crippen LogP) is 4.02. The normalized spacial score (nSPS) is 15.1. The van der Waals surface area contributed by atoms with Crippen LogP contribution in [0.15, 0.2) is 42.5 Å². The summed E-state index contributed by atoms with van der Waals surface area (Å²) in [5, 5.41) is 0.997. The van der Waals surface area contributed by atoms with Crippen molar-refractivity contribution in [1.29, 1.82) is 0 Å². The molecule has 1 fully saturated rings. The SMILES string of the molecule is O=C(c1nc2ccccc2s1)N(CCN1CCOCC1)c1nc2ccc(F)cc2s1. The van der Waals surface area contributed by atoms with Gasteiger partial charge in [0.15, 0.2) is 10.1 Å². The number of carbonyl (C=O) groups excluding carboxylic acids is 1. The number of thiazole rings is 2. The molecule has 5 rings (SSSR count). The van der Waals surface area contributed by atoms with Gasteiger partial charge in [-0.2, -0.15) is 0 Å². The fourth-order valence-electron chi connectivity index (χ4n) is 3.43. The monoisotopic (exact) mass is 442 g/mol. The molecule has 6 nitrogen and oxygen atoms in total. The van der Waals surface area contributed by atoms with Crippen LogP contribution in [-0.2, 0) is 4.74 Å². The molecule has 1 saturated heterocycles. The number of anilines is 1. The van der Waals surface area contributed by atoms with Gasteiger partial charge in [0.25, 0.3) is 5.91 Å². The maximum absolute atomic E-state index is 13.7. The Morgan fingerprint density at radius 3 is 2.70 bits per heavy atom. The highest BCUT2D eigenvalue weighted by molar-refractivity contribution is 7.22. The van der Waals surface area contributed by atoms with Crippen LogP contribution in [0, 0.1) is 5.82 Å². The molecule has 0 bridgehead atoms. The van der Waals surface area contributed by atoms with E-state index in [1.54, 1.807) is 11.0 Å². The van der Waals surface area contributed by atoms with E-state index < -0.39 is 0 Å². The molecule has 0 aliphatic carbocycles. The minimum Gasteiger partial charge on any atom is -0.379 e. The van der Waals surface area contributed by atoms with Crippen molar-refractivity contribution in [2.45, 2.75) is 0 Å². The molecule has 0 unspecified atom stereocenters. The van der Waals surface area contributed by atoms with Crippen molar-refractivity contribution in [2.75, 3.05) is 44.3 Å². The van der Waals surface area contributed by atoms with E-state index in [0.29, 0.717) is 42.0 Å². The summed E-state index contributed by atoms with van der Waals surface area (Å²) in [7, 11) is 0. The number of hydrogen-bond acceptors (Lipinski definition) is 7. The first-order valence-corrected chi connectivity index (χ1v) is 11.3. The lowest BCUT2D eigenvalue weighted by Gasteiger charge is -2.28. The average molecular weight is 443 g/mol. The number of fused-ring (bicyclic) bond motifs is 2. The highest BCUT2D eigenvalue weighted by Crippen LogP contribution is 2.31. The van der Waals surface area contributed by atoms with E-state index in [1.165, 1.54) is 34.8 Å². The van der Waals surface area contributed by atoms with Gasteiger partial charge >= 0.3 is 0 Å². The van der Waals surface area contributed by atoms with Crippen LogP contribution in [-0.4, -0.2) is 60.2 Å². The molecule has 0 spiro atoms. The van der Waals surface area contributed by atoms with Crippen LogP contribution in [0.25, 0.3) is 20.4 Å². The minimum atomic E-state index is -0.310. The molecular weight excluding hydrogens is 423 g/mol. The molecule has 0 radical (unpaired) electrons. The Kier molecular flexibility index (Phi) is 5.43. The standard InChI is InChI=1S/C21H19FN4O2S2/c22-14-5-6-16-18(13-14)30-21(24-16)26(8-7-25-9-11-28-12-10-25)20(27)19-23-15-3-1-2-4-17(15)29-19/h1-6,13H,7-12H2. The number of nitrogens with zero attached hydrogens (tertiary/aromatic N) is 4. The van der Waals surface area contributed by atoms with Crippen molar-refractivity contribution in [1.82, 2.24) is 14.9 Å². The van der Waals surface area contributed by atoms with Crippen LogP contribution in [0.3, 0.4) is 0 Å². The molecule has 3 heterocycles. The Balaban J connectivity index is 1.47. The third-order valence-electron chi connectivity index (χ3n) is 5.04. The minimum absolute atomic E-state index is 0.177. The van der Waals surface area contributed by atoms with Crippen LogP contribution in [0.5, 0.6) is 0 Å². The van der Waals surface area contributed by atoms with Crippen molar-refractivity contribution in [3.63, 3.8) is 0 Å². The molecule has 9 heteroatoms. The second-order valence-corrected chi connectivity index (χ2v) is 9.05. The van der Waals surface area contributed by atoms with Gasteiger partial charge in [-0.05, 0) is 30.3 Å². The fraction of sp³-hybridized carbons (Fsp3) is 0.286. The summed E-state index contributed by atoms with van der Waals surface area (Å²) >= 11 is 2.70. The van der Waals surface area contributed by atoms with Crippen molar-refractivity contribution >= 4 is 54.1 Å². The number of aromatic nitrogens is 2. The molecule has 154 valence electrons. The van der Waals surface area contributed by atoms with Crippen LogP contribution in [0.2, 0.25) is 0 Å². The summed E-state index contributed by atoms with van der Waals surface area (Å²) in [5.41, 5.74) is 1.50. The predicted molar refractivity (Wildman–Crippen MR) is 118 cm³/mol. The number of hydrogen-bond donors (Lipinski definition) is 0. The Hall–Kier alpha value is -2.46. The molecule has 2 aromatic carbocycles. The van der Waals surface area contributed by atoms with Gasteiger partial charge < -0.3 is 4.74 Å². The van der Waals surface area contributed by atoms with Gasteiger partial charge in [0.1, 0.15) is 5.82 Å². The summed E-state index contributed by atoms with van der Waals surface area (Å²) in [6, 6.07) is 12.2. The number of halogens is 1.